The van der Waals surface area contributed by atoms with Gasteiger partial charge in [0.25, 0.3) is 0 Å². The molecule has 2 aromatic rings. The van der Waals surface area contributed by atoms with Crippen molar-refractivity contribution >= 4 is 40.7 Å². The minimum Gasteiger partial charge on any atom is -0.338 e. The summed E-state index contributed by atoms with van der Waals surface area (Å²) in [4.78, 5) is 40.7. The molecular formula is C23H24ClN3O3. The second kappa shape index (κ2) is 8.88. The first-order chi connectivity index (χ1) is 14.5. The van der Waals surface area contributed by atoms with E-state index in [2.05, 4.69) is 5.32 Å². The van der Waals surface area contributed by atoms with Crippen molar-refractivity contribution in [2.24, 2.45) is 5.92 Å². The van der Waals surface area contributed by atoms with Crippen LogP contribution in [0.1, 0.15) is 31.2 Å². The maximum Gasteiger partial charge on any atom is 0.229 e. The second-order valence-corrected chi connectivity index (χ2v) is 8.28. The Morgan fingerprint density at radius 3 is 2.63 bits per heavy atom. The van der Waals surface area contributed by atoms with Crippen molar-refractivity contribution in [1.29, 1.82) is 0 Å². The number of piperidine rings is 1. The summed E-state index contributed by atoms with van der Waals surface area (Å²) in [6.07, 6.45) is 2.77. The molecule has 0 aliphatic carbocycles. The number of hydrogen-bond acceptors (Lipinski definition) is 3. The van der Waals surface area contributed by atoms with Gasteiger partial charge in [0.15, 0.2) is 0 Å². The average molecular weight is 426 g/mol. The zero-order valence-electron chi connectivity index (χ0n) is 16.6. The van der Waals surface area contributed by atoms with E-state index in [0.29, 0.717) is 30.2 Å². The molecule has 0 radical (unpaired) electrons. The summed E-state index contributed by atoms with van der Waals surface area (Å²) in [5.74, 6) is -0.483. The fraction of sp³-hybridized carbons (Fsp3) is 0.348. The van der Waals surface area contributed by atoms with Gasteiger partial charge in [0.2, 0.25) is 17.7 Å². The highest BCUT2D eigenvalue weighted by Gasteiger charge is 2.35. The molecular weight excluding hydrogens is 402 g/mol. The highest BCUT2D eigenvalue weighted by Crippen LogP contribution is 2.27. The molecule has 2 aliphatic rings. The molecule has 156 valence electrons. The van der Waals surface area contributed by atoms with Gasteiger partial charge < -0.3 is 15.1 Å². The smallest absolute Gasteiger partial charge is 0.229 e. The summed E-state index contributed by atoms with van der Waals surface area (Å²) >= 11 is 5.92. The lowest BCUT2D eigenvalue weighted by molar-refractivity contribution is -0.133. The molecule has 2 aliphatic heterocycles. The number of hydrogen-bond donors (Lipinski definition) is 1. The summed E-state index contributed by atoms with van der Waals surface area (Å²) in [6, 6.07) is 14.6. The molecule has 1 N–H and O–H groups in total. The Labute approximate surface area is 180 Å². The Morgan fingerprint density at radius 2 is 1.87 bits per heavy atom. The van der Waals surface area contributed by atoms with E-state index in [1.165, 1.54) is 0 Å². The van der Waals surface area contributed by atoms with E-state index in [4.69, 9.17) is 11.6 Å². The van der Waals surface area contributed by atoms with Gasteiger partial charge in [-0.1, -0.05) is 23.7 Å². The van der Waals surface area contributed by atoms with Crippen molar-refractivity contribution in [3.63, 3.8) is 0 Å². The van der Waals surface area contributed by atoms with Gasteiger partial charge in [0.1, 0.15) is 0 Å². The maximum atomic E-state index is 12.8. The van der Waals surface area contributed by atoms with Crippen molar-refractivity contribution in [3.05, 3.63) is 59.1 Å². The number of nitrogens with one attached hydrogen (secondary N) is 1. The van der Waals surface area contributed by atoms with Crippen molar-refractivity contribution in [3.8, 4) is 0 Å². The lowest BCUT2D eigenvalue weighted by Gasteiger charge is -2.27. The molecule has 30 heavy (non-hydrogen) atoms. The number of likely N-dealkylation sites (tertiary alicyclic amines) is 1. The summed E-state index contributed by atoms with van der Waals surface area (Å²) in [5, 5.41) is 3.53. The molecule has 4 rings (SSSR count). The van der Waals surface area contributed by atoms with Crippen LogP contribution < -0.4 is 10.2 Å². The third-order valence-electron chi connectivity index (χ3n) is 5.62. The van der Waals surface area contributed by atoms with Gasteiger partial charge in [0.05, 0.1) is 5.92 Å². The van der Waals surface area contributed by atoms with Gasteiger partial charge in [-0.25, -0.2) is 0 Å². The van der Waals surface area contributed by atoms with Crippen LogP contribution in [-0.2, 0) is 20.9 Å². The Kier molecular flexibility index (Phi) is 6.04. The minimum absolute atomic E-state index is 0.0742. The molecule has 2 heterocycles. The van der Waals surface area contributed by atoms with Crippen LogP contribution in [0.5, 0.6) is 0 Å². The second-order valence-electron chi connectivity index (χ2n) is 7.84. The number of carbonyl (C=O) groups excluding carboxylic acids is 3. The monoisotopic (exact) mass is 425 g/mol. The first-order valence-electron chi connectivity index (χ1n) is 10.2. The van der Waals surface area contributed by atoms with Crippen molar-refractivity contribution in [1.82, 2.24) is 4.90 Å². The molecule has 6 nitrogen and oxygen atoms in total. The Hall–Kier alpha value is -2.86. The molecule has 2 fully saturated rings. The highest BCUT2D eigenvalue weighted by molar-refractivity contribution is 6.30. The predicted molar refractivity (Wildman–Crippen MR) is 116 cm³/mol. The van der Waals surface area contributed by atoms with Crippen molar-refractivity contribution < 1.29 is 14.4 Å². The Morgan fingerprint density at radius 1 is 1.07 bits per heavy atom. The topological polar surface area (TPSA) is 69.7 Å². The number of anilines is 2. The molecule has 2 saturated heterocycles. The molecule has 0 aromatic heterocycles. The highest BCUT2D eigenvalue weighted by atomic mass is 35.5. The molecule has 3 amide bonds. The van der Waals surface area contributed by atoms with Crippen LogP contribution >= 0.6 is 11.6 Å². The van der Waals surface area contributed by atoms with E-state index < -0.39 is 5.92 Å². The third kappa shape index (κ3) is 4.65. The first kappa shape index (κ1) is 20.4. The Bertz CT molecular complexity index is 960. The van der Waals surface area contributed by atoms with Crippen LogP contribution in [0.3, 0.4) is 0 Å². The van der Waals surface area contributed by atoms with Gasteiger partial charge in [-0.05, 0) is 54.8 Å². The minimum atomic E-state index is -0.416. The van der Waals surface area contributed by atoms with E-state index in [1.54, 1.807) is 29.2 Å². The quantitative estimate of drug-likeness (QED) is 0.791. The fourth-order valence-corrected chi connectivity index (χ4v) is 4.12. The summed E-state index contributed by atoms with van der Waals surface area (Å²) in [7, 11) is 0. The molecule has 7 heteroatoms. The predicted octanol–water partition coefficient (Wildman–Crippen LogP) is 3.84. The molecule has 0 bridgehead atoms. The van der Waals surface area contributed by atoms with Gasteiger partial charge in [-0.3, -0.25) is 14.4 Å². The van der Waals surface area contributed by atoms with E-state index >= 15 is 0 Å². The number of benzene rings is 2. The van der Waals surface area contributed by atoms with Crippen LogP contribution in [0, 0.1) is 5.92 Å². The molecule has 1 atom stereocenters. The van der Waals surface area contributed by atoms with Crippen LogP contribution in [0.4, 0.5) is 11.4 Å². The molecule has 1 unspecified atom stereocenters. The number of carbonyl (C=O) groups is 3. The van der Waals surface area contributed by atoms with Crippen molar-refractivity contribution in [2.75, 3.05) is 23.3 Å². The molecule has 2 aromatic carbocycles. The van der Waals surface area contributed by atoms with Crippen molar-refractivity contribution in [2.45, 2.75) is 32.2 Å². The summed E-state index contributed by atoms with van der Waals surface area (Å²) in [6.45, 7) is 1.67. The standard InChI is InChI=1S/C23H24ClN3O3/c24-18-7-9-20(10-8-18)27-15-17(13-22(27)29)23(30)25-19-5-3-4-16(12-19)14-26-11-2-1-6-21(26)28/h3-5,7-10,12,17H,1-2,6,11,13-15H2,(H,25,30). The number of amides is 3. The Balaban J connectivity index is 1.38. The zero-order chi connectivity index (χ0) is 21.1. The van der Waals surface area contributed by atoms with E-state index in [9.17, 15) is 14.4 Å². The normalized spacial score (nSPS) is 19.3. The summed E-state index contributed by atoms with van der Waals surface area (Å²) in [5.41, 5.74) is 2.40. The average Bonchev–Trinajstić information content (AvgIpc) is 3.12. The van der Waals surface area contributed by atoms with Gasteiger partial charge in [-0.2, -0.15) is 0 Å². The number of nitrogens with zero attached hydrogens (tertiary/aromatic N) is 2. The number of halogens is 1. The van der Waals surface area contributed by atoms with Crippen LogP contribution in [0.25, 0.3) is 0 Å². The largest absolute Gasteiger partial charge is 0.338 e. The SMILES string of the molecule is O=C(Nc1cccc(CN2CCCCC2=O)c1)C1CC(=O)N(c2ccc(Cl)cc2)C1. The lowest BCUT2D eigenvalue weighted by atomic mass is 10.1. The summed E-state index contributed by atoms with van der Waals surface area (Å²) < 4.78 is 0. The first-order valence-corrected chi connectivity index (χ1v) is 10.6. The lowest BCUT2D eigenvalue weighted by Crippen LogP contribution is -2.34. The third-order valence-corrected chi connectivity index (χ3v) is 5.88. The van der Waals surface area contributed by atoms with E-state index in [0.717, 1.165) is 30.6 Å². The zero-order valence-corrected chi connectivity index (χ0v) is 17.4. The van der Waals surface area contributed by atoms with E-state index in [-0.39, 0.29) is 24.1 Å². The van der Waals surface area contributed by atoms with Crippen LogP contribution in [-0.4, -0.2) is 35.7 Å². The fourth-order valence-electron chi connectivity index (χ4n) is 3.99. The van der Waals surface area contributed by atoms with Gasteiger partial charge in [-0.15, -0.1) is 0 Å². The van der Waals surface area contributed by atoms with Gasteiger partial charge >= 0.3 is 0 Å². The van der Waals surface area contributed by atoms with Gasteiger partial charge in [0, 0.05) is 48.9 Å². The molecule has 0 spiro atoms. The van der Waals surface area contributed by atoms with E-state index in [1.807, 2.05) is 29.2 Å². The van der Waals surface area contributed by atoms with Crippen LogP contribution in [0.15, 0.2) is 48.5 Å². The van der Waals surface area contributed by atoms with Crippen LogP contribution in [0.2, 0.25) is 5.02 Å². The number of rotatable bonds is 5. The maximum absolute atomic E-state index is 12.8. The molecule has 0 saturated carbocycles.